The molecule has 0 unspecified atom stereocenters. The summed E-state index contributed by atoms with van der Waals surface area (Å²) in [5.74, 6) is 0.232. The molecule has 0 atom stereocenters. The van der Waals surface area contributed by atoms with Crippen molar-refractivity contribution in [3.8, 4) is 0 Å². The molecule has 6 heteroatoms. The van der Waals surface area contributed by atoms with Crippen molar-refractivity contribution in [3.05, 3.63) is 0 Å². The molecular weight excluding hydrogens is 226 g/mol. The van der Waals surface area contributed by atoms with E-state index in [9.17, 15) is 8.42 Å². The zero-order valence-corrected chi connectivity index (χ0v) is 11.1. The topological polar surface area (TPSA) is 52.7 Å². The van der Waals surface area contributed by atoms with Crippen LogP contribution in [0.1, 0.15) is 13.3 Å². The molecule has 1 saturated heterocycles. The van der Waals surface area contributed by atoms with Gasteiger partial charge in [-0.1, -0.05) is 6.92 Å². The first-order valence-electron chi connectivity index (χ1n) is 5.92. The number of hydrogen-bond acceptors (Lipinski definition) is 4. The molecule has 1 fully saturated rings. The van der Waals surface area contributed by atoms with Crippen LogP contribution in [0.4, 0.5) is 0 Å². The van der Waals surface area contributed by atoms with Gasteiger partial charge in [0.05, 0.1) is 5.75 Å². The van der Waals surface area contributed by atoms with Gasteiger partial charge < -0.3 is 4.90 Å². The molecule has 0 spiro atoms. The molecule has 0 aromatic heterocycles. The Morgan fingerprint density at radius 3 is 2.38 bits per heavy atom. The van der Waals surface area contributed by atoms with Gasteiger partial charge >= 0.3 is 0 Å². The van der Waals surface area contributed by atoms with E-state index in [1.807, 2.05) is 6.92 Å². The zero-order valence-electron chi connectivity index (χ0n) is 10.3. The summed E-state index contributed by atoms with van der Waals surface area (Å²) in [7, 11) is -0.918. The Hall–Kier alpha value is -0.170. The van der Waals surface area contributed by atoms with Gasteiger partial charge in [-0.2, -0.15) is 0 Å². The van der Waals surface area contributed by atoms with Crippen molar-refractivity contribution in [1.29, 1.82) is 0 Å². The lowest BCUT2D eigenvalue weighted by Crippen LogP contribution is -2.47. The van der Waals surface area contributed by atoms with Crippen LogP contribution in [0.15, 0.2) is 0 Å². The minimum atomic E-state index is -3.03. The number of nitrogens with one attached hydrogen (secondary N) is 1. The lowest BCUT2D eigenvalue weighted by molar-refractivity contribution is 0.156. The van der Waals surface area contributed by atoms with Crippen LogP contribution >= 0.6 is 0 Å². The van der Waals surface area contributed by atoms with Crippen molar-refractivity contribution >= 4 is 10.0 Å². The van der Waals surface area contributed by atoms with Crippen molar-refractivity contribution in [3.63, 3.8) is 0 Å². The fourth-order valence-corrected chi connectivity index (χ4v) is 2.86. The number of nitrogens with zero attached hydrogens (tertiary/aromatic N) is 2. The Kier molecular flexibility index (Phi) is 5.68. The summed E-state index contributed by atoms with van der Waals surface area (Å²) in [4.78, 5) is 4.59. The summed E-state index contributed by atoms with van der Waals surface area (Å²) in [6.45, 7) is 7.43. The highest BCUT2D eigenvalue weighted by molar-refractivity contribution is 7.89. The summed E-state index contributed by atoms with van der Waals surface area (Å²) >= 11 is 0. The maximum atomic E-state index is 11.4. The minimum Gasteiger partial charge on any atom is -0.304 e. The second-order valence-corrected chi connectivity index (χ2v) is 6.28. The minimum absolute atomic E-state index is 0.232. The molecule has 96 valence electrons. The van der Waals surface area contributed by atoms with Gasteiger partial charge in [-0.25, -0.2) is 13.1 Å². The van der Waals surface area contributed by atoms with Crippen molar-refractivity contribution < 1.29 is 8.42 Å². The van der Waals surface area contributed by atoms with Gasteiger partial charge in [-0.05, 0) is 13.5 Å². The van der Waals surface area contributed by atoms with E-state index >= 15 is 0 Å². The molecule has 16 heavy (non-hydrogen) atoms. The van der Waals surface area contributed by atoms with Crippen molar-refractivity contribution in [1.82, 2.24) is 14.5 Å². The molecule has 1 aliphatic heterocycles. The molecule has 0 bridgehead atoms. The van der Waals surface area contributed by atoms with E-state index in [-0.39, 0.29) is 5.75 Å². The Labute approximate surface area is 98.8 Å². The fourth-order valence-electron chi connectivity index (χ4n) is 1.77. The van der Waals surface area contributed by atoms with Crippen molar-refractivity contribution in [2.24, 2.45) is 0 Å². The molecular formula is C10H23N3O2S. The predicted molar refractivity (Wildman–Crippen MR) is 66.0 cm³/mol. The standard InChI is InChI=1S/C10H23N3O2S/c1-3-10-16(14,15)11-4-5-13-8-6-12(2)7-9-13/h11H,3-10H2,1-2H3. The molecule has 1 rings (SSSR count). The van der Waals surface area contributed by atoms with E-state index in [2.05, 4.69) is 21.6 Å². The van der Waals surface area contributed by atoms with Gasteiger partial charge in [-0.15, -0.1) is 0 Å². The Morgan fingerprint density at radius 1 is 1.19 bits per heavy atom. The van der Waals surface area contributed by atoms with Gasteiger partial charge in [0.1, 0.15) is 0 Å². The second-order valence-electron chi connectivity index (χ2n) is 4.36. The summed E-state index contributed by atoms with van der Waals surface area (Å²) in [5.41, 5.74) is 0. The smallest absolute Gasteiger partial charge is 0.211 e. The molecule has 1 heterocycles. The lowest BCUT2D eigenvalue weighted by Gasteiger charge is -2.32. The van der Waals surface area contributed by atoms with Crippen LogP contribution in [0.3, 0.4) is 0 Å². The second kappa shape index (κ2) is 6.54. The van der Waals surface area contributed by atoms with Crippen molar-refractivity contribution in [2.45, 2.75) is 13.3 Å². The highest BCUT2D eigenvalue weighted by atomic mass is 32.2. The first-order chi connectivity index (χ1) is 7.53. The molecule has 0 aromatic carbocycles. The number of hydrogen-bond donors (Lipinski definition) is 1. The van der Waals surface area contributed by atoms with E-state index in [0.29, 0.717) is 13.0 Å². The van der Waals surface area contributed by atoms with Crippen LogP contribution in [0.2, 0.25) is 0 Å². The zero-order chi connectivity index (χ0) is 12.0. The lowest BCUT2D eigenvalue weighted by atomic mass is 10.3. The maximum absolute atomic E-state index is 11.4. The Balaban J connectivity index is 2.16. The number of sulfonamides is 1. The van der Waals surface area contributed by atoms with Gasteiger partial charge in [0.25, 0.3) is 0 Å². The summed E-state index contributed by atoms with van der Waals surface area (Å²) in [6, 6.07) is 0. The van der Waals surface area contributed by atoms with Crippen LogP contribution in [0, 0.1) is 0 Å². The molecule has 1 aliphatic rings. The molecule has 1 N–H and O–H groups in total. The van der Waals surface area contributed by atoms with Crippen LogP contribution in [-0.4, -0.2) is 70.3 Å². The normalized spacial score (nSPS) is 20.1. The van der Waals surface area contributed by atoms with Crippen LogP contribution in [0.5, 0.6) is 0 Å². The van der Waals surface area contributed by atoms with E-state index < -0.39 is 10.0 Å². The first-order valence-corrected chi connectivity index (χ1v) is 7.57. The summed E-state index contributed by atoms with van der Waals surface area (Å²) in [5, 5.41) is 0. The van der Waals surface area contributed by atoms with Gasteiger partial charge in [0.2, 0.25) is 10.0 Å². The van der Waals surface area contributed by atoms with E-state index in [4.69, 9.17) is 0 Å². The molecule has 0 aromatic rings. The average molecular weight is 249 g/mol. The molecule has 0 aliphatic carbocycles. The van der Waals surface area contributed by atoms with Gasteiger partial charge in [-0.3, -0.25) is 4.90 Å². The summed E-state index contributed by atoms with van der Waals surface area (Å²) in [6.07, 6.45) is 0.670. The number of rotatable bonds is 6. The fraction of sp³-hybridized carbons (Fsp3) is 1.00. The predicted octanol–water partition coefficient (Wildman–Crippen LogP) is -0.437. The maximum Gasteiger partial charge on any atom is 0.211 e. The highest BCUT2D eigenvalue weighted by Gasteiger charge is 2.14. The third-order valence-corrected chi connectivity index (χ3v) is 4.41. The van der Waals surface area contributed by atoms with E-state index in [1.54, 1.807) is 0 Å². The van der Waals surface area contributed by atoms with Gasteiger partial charge in [0, 0.05) is 39.3 Å². The number of likely N-dealkylation sites (N-methyl/N-ethyl adjacent to an activating group) is 1. The Morgan fingerprint density at radius 2 is 1.81 bits per heavy atom. The molecule has 0 saturated carbocycles. The average Bonchev–Trinajstić information content (AvgIpc) is 2.20. The summed E-state index contributed by atoms with van der Waals surface area (Å²) < 4.78 is 25.4. The Bertz CT molecular complexity index is 284. The number of piperazine rings is 1. The first kappa shape index (κ1) is 13.9. The largest absolute Gasteiger partial charge is 0.304 e. The van der Waals surface area contributed by atoms with Crippen LogP contribution in [0.25, 0.3) is 0 Å². The van der Waals surface area contributed by atoms with Crippen LogP contribution in [-0.2, 0) is 10.0 Å². The van der Waals surface area contributed by atoms with Crippen molar-refractivity contribution in [2.75, 3.05) is 52.1 Å². The van der Waals surface area contributed by atoms with Gasteiger partial charge in [0.15, 0.2) is 0 Å². The molecule has 5 nitrogen and oxygen atoms in total. The van der Waals surface area contributed by atoms with E-state index in [1.165, 1.54) is 0 Å². The van der Waals surface area contributed by atoms with Crippen LogP contribution < -0.4 is 4.72 Å². The highest BCUT2D eigenvalue weighted by Crippen LogP contribution is 1.98. The molecule has 0 amide bonds. The third kappa shape index (κ3) is 5.25. The van der Waals surface area contributed by atoms with E-state index in [0.717, 1.165) is 32.7 Å². The third-order valence-electron chi connectivity index (χ3n) is 2.82. The quantitative estimate of drug-likeness (QED) is 0.693. The SMILES string of the molecule is CCCS(=O)(=O)NCCN1CCN(C)CC1. The monoisotopic (exact) mass is 249 g/mol. The molecule has 0 radical (unpaired) electrons.